The Morgan fingerprint density at radius 2 is 1.89 bits per heavy atom. The number of fused-ring (bicyclic) bond motifs is 1. The van der Waals surface area contributed by atoms with Crippen LogP contribution in [-0.2, 0) is 4.79 Å². The molecule has 0 unspecified atom stereocenters. The lowest BCUT2D eigenvalue weighted by atomic mass is 9.95. The first-order chi connectivity index (χ1) is 13.6. The zero-order valence-corrected chi connectivity index (χ0v) is 15.8. The summed E-state index contributed by atoms with van der Waals surface area (Å²) in [5, 5.41) is 18.0. The van der Waals surface area contributed by atoms with Gasteiger partial charge in [0.05, 0.1) is 12.7 Å². The van der Waals surface area contributed by atoms with E-state index >= 15 is 0 Å². The molecule has 8 nitrogen and oxygen atoms in total. The fraction of sp³-hybridized carbons (Fsp3) is 0.200. The van der Waals surface area contributed by atoms with Gasteiger partial charge in [0.15, 0.2) is 0 Å². The van der Waals surface area contributed by atoms with E-state index in [9.17, 15) is 4.79 Å². The number of carbonyl (C=O) groups excluding carboxylic acids is 1. The van der Waals surface area contributed by atoms with E-state index in [0.29, 0.717) is 17.2 Å². The number of amides is 1. The quantitative estimate of drug-likeness (QED) is 0.727. The number of nitrogens with zero attached hydrogens (tertiary/aromatic N) is 4. The van der Waals surface area contributed by atoms with Crippen molar-refractivity contribution in [2.75, 3.05) is 17.7 Å². The molecule has 1 aliphatic rings. The van der Waals surface area contributed by atoms with E-state index in [1.807, 2.05) is 62.4 Å². The number of aromatic nitrogens is 4. The van der Waals surface area contributed by atoms with Crippen molar-refractivity contribution in [3.05, 3.63) is 70.9 Å². The summed E-state index contributed by atoms with van der Waals surface area (Å²) in [5.74, 6) is 1.02. The molecule has 0 saturated heterocycles. The number of nitrogens with one attached hydrogen (secondary N) is 2. The molecule has 0 radical (unpaired) electrons. The van der Waals surface area contributed by atoms with E-state index in [1.54, 1.807) is 11.8 Å². The molecule has 1 atom stereocenters. The number of tetrazole rings is 1. The van der Waals surface area contributed by atoms with Crippen molar-refractivity contribution in [1.29, 1.82) is 0 Å². The van der Waals surface area contributed by atoms with Crippen LogP contribution >= 0.6 is 0 Å². The van der Waals surface area contributed by atoms with Gasteiger partial charge in [0.25, 0.3) is 5.91 Å². The number of hydrogen-bond acceptors (Lipinski definition) is 6. The molecule has 0 fully saturated rings. The molecular weight excluding hydrogens is 356 g/mol. The Hall–Kier alpha value is -3.68. The predicted octanol–water partition coefficient (Wildman–Crippen LogP) is 2.92. The molecule has 1 aromatic heterocycles. The van der Waals surface area contributed by atoms with Crippen molar-refractivity contribution in [3.8, 4) is 5.75 Å². The first-order valence-corrected chi connectivity index (χ1v) is 8.85. The maximum Gasteiger partial charge on any atom is 0.255 e. The molecule has 4 rings (SSSR count). The van der Waals surface area contributed by atoms with Crippen LogP contribution in [0, 0.1) is 6.92 Å². The number of allylic oxidation sites excluding steroid dienone is 1. The number of ether oxygens (including phenoxy) is 1. The number of methoxy groups -OCH3 is 1. The highest BCUT2D eigenvalue weighted by Gasteiger charge is 2.34. The lowest BCUT2D eigenvalue weighted by molar-refractivity contribution is -0.113. The summed E-state index contributed by atoms with van der Waals surface area (Å²) < 4.78 is 6.86. The van der Waals surface area contributed by atoms with Crippen LogP contribution in [0.2, 0.25) is 0 Å². The molecule has 3 aromatic rings. The van der Waals surface area contributed by atoms with E-state index in [0.717, 1.165) is 22.6 Å². The second kappa shape index (κ2) is 7.15. The second-order valence-electron chi connectivity index (χ2n) is 6.56. The van der Waals surface area contributed by atoms with Gasteiger partial charge in [0.2, 0.25) is 5.95 Å². The average Bonchev–Trinajstić information content (AvgIpc) is 3.16. The smallest absolute Gasteiger partial charge is 0.255 e. The van der Waals surface area contributed by atoms with Gasteiger partial charge in [0, 0.05) is 11.4 Å². The molecule has 1 amide bonds. The highest BCUT2D eigenvalue weighted by Crippen LogP contribution is 2.35. The maximum atomic E-state index is 13.3. The summed E-state index contributed by atoms with van der Waals surface area (Å²) in [4.78, 5) is 13.3. The number of hydrogen-bond donors (Lipinski definition) is 2. The Morgan fingerprint density at radius 1 is 1.14 bits per heavy atom. The fourth-order valence-corrected chi connectivity index (χ4v) is 3.30. The van der Waals surface area contributed by atoms with Crippen molar-refractivity contribution in [2.45, 2.75) is 19.9 Å². The first kappa shape index (κ1) is 17.7. The van der Waals surface area contributed by atoms with E-state index in [2.05, 4.69) is 26.2 Å². The van der Waals surface area contributed by atoms with Gasteiger partial charge in [-0.05, 0) is 53.6 Å². The third-order valence-electron chi connectivity index (χ3n) is 4.78. The minimum atomic E-state index is -0.457. The Balaban J connectivity index is 1.76. The molecule has 0 saturated carbocycles. The molecule has 2 N–H and O–H groups in total. The largest absolute Gasteiger partial charge is 0.497 e. The Kier molecular flexibility index (Phi) is 4.52. The SMILES string of the molecule is COc1ccc([C@H]2C(C(=O)Nc3ccccc3C)=C(C)Nc3nnnn32)cc1. The normalized spacial score (nSPS) is 15.6. The lowest BCUT2D eigenvalue weighted by Gasteiger charge is -2.28. The number of carbonyl (C=O) groups is 1. The van der Waals surface area contributed by atoms with Gasteiger partial charge < -0.3 is 15.4 Å². The van der Waals surface area contributed by atoms with E-state index < -0.39 is 6.04 Å². The van der Waals surface area contributed by atoms with Crippen LogP contribution in [0.4, 0.5) is 11.6 Å². The van der Waals surface area contributed by atoms with E-state index in [4.69, 9.17) is 4.74 Å². The zero-order valence-electron chi connectivity index (χ0n) is 15.8. The van der Waals surface area contributed by atoms with Crippen LogP contribution in [0.15, 0.2) is 59.8 Å². The molecule has 8 heteroatoms. The summed E-state index contributed by atoms with van der Waals surface area (Å²) in [7, 11) is 1.62. The van der Waals surface area contributed by atoms with Crippen molar-refractivity contribution in [2.24, 2.45) is 0 Å². The first-order valence-electron chi connectivity index (χ1n) is 8.85. The van der Waals surface area contributed by atoms with Crippen molar-refractivity contribution >= 4 is 17.5 Å². The van der Waals surface area contributed by atoms with Crippen LogP contribution in [0.1, 0.15) is 24.1 Å². The van der Waals surface area contributed by atoms with Crippen LogP contribution < -0.4 is 15.4 Å². The molecule has 142 valence electrons. The van der Waals surface area contributed by atoms with Gasteiger partial charge in [0.1, 0.15) is 11.8 Å². The minimum Gasteiger partial charge on any atom is -0.497 e. The number of benzene rings is 2. The second-order valence-corrected chi connectivity index (χ2v) is 6.56. The van der Waals surface area contributed by atoms with Gasteiger partial charge in [-0.15, -0.1) is 0 Å². The zero-order chi connectivity index (χ0) is 19.7. The highest BCUT2D eigenvalue weighted by molar-refractivity contribution is 6.06. The highest BCUT2D eigenvalue weighted by atomic mass is 16.5. The van der Waals surface area contributed by atoms with Gasteiger partial charge in [-0.1, -0.05) is 35.4 Å². The van der Waals surface area contributed by atoms with Gasteiger partial charge in [-0.25, -0.2) is 0 Å². The number of anilines is 2. The standard InChI is InChI=1S/C20H20N6O2/c1-12-6-4-5-7-16(12)22-19(27)17-13(2)21-20-23-24-25-26(20)18(17)14-8-10-15(28-3)11-9-14/h4-11,18H,1-3H3,(H,22,27)(H,21,23,25)/t18-/m0/s1. The average molecular weight is 376 g/mol. The van der Waals surface area contributed by atoms with E-state index in [-0.39, 0.29) is 5.91 Å². The van der Waals surface area contributed by atoms with Crippen LogP contribution in [0.3, 0.4) is 0 Å². The third-order valence-corrected chi connectivity index (χ3v) is 4.78. The molecule has 0 aliphatic carbocycles. The van der Waals surface area contributed by atoms with Crippen LogP contribution in [0.5, 0.6) is 5.75 Å². The number of aryl methyl sites for hydroxylation is 1. The van der Waals surface area contributed by atoms with Gasteiger partial charge in [-0.2, -0.15) is 4.68 Å². The molecular formula is C20H20N6O2. The van der Waals surface area contributed by atoms with E-state index in [1.165, 1.54) is 0 Å². The fourth-order valence-electron chi connectivity index (χ4n) is 3.30. The maximum absolute atomic E-state index is 13.3. The molecule has 1 aliphatic heterocycles. The monoisotopic (exact) mass is 376 g/mol. The van der Waals surface area contributed by atoms with Gasteiger partial charge in [-0.3, -0.25) is 4.79 Å². The Labute approximate surface area is 162 Å². The molecule has 28 heavy (non-hydrogen) atoms. The predicted molar refractivity (Wildman–Crippen MR) is 105 cm³/mol. The van der Waals surface area contributed by atoms with Crippen LogP contribution in [0.25, 0.3) is 0 Å². The lowest BCUT2D eigenvalue weighted by Crippen LogP contribution is -2.31. The Morgan fingerprint density at radius 3 is 2.61 bits per heavy atom. The summed E-state index contributed by atoms with van der Waals surface area (Å²) in [6.07, 6.45) is 0. The molecule has 0 spiro atoms. The number of rotatable bonds is 4. The number of para-hydroxylation sites is 1. The molecule has 2 aromatic carbocycles. The summed E-state index contributed by atoms with van der Waals surface area (Å²) in [6.45, 7) is 3.80. The Bertz CT molecular complexity index is 1050. The molecule has 0 bridgehead atoms. The molecule has 2 heterocycles. The van der Waals surface area contributed by atoms with Crippen molar-refractivity contribution < 1.29 is 9.53 Å². The van der Waals surface area contributed by atoms with Crippen LogP contribution in [-0.4, -0.2) is 33.2 Å². The summed E-state index contributed by atoms with van der Waals surface area (Å²) in [5.41, 5.74) is 3.89. The van der Waals surface area contributed by atoms with Gasteiger partial charge >= 0.3 is 0 Å². The third kappa shape index (κ3) is 3.09. The van der Waals surface area contributed by atoms with Crippen molar-refractivity contribution in [3.63, 3.8) is 0 Å². The topological polar surface area (TPSA) is 94.0 Å². The van der Waals surface area contributed by atoms with Crippen molar-refractivity contribution in [1.82, 2.24) is 20.2 Å². The minimum absolute atomic E-state index is 0.207. The summed E-state index contributed by atoms with van der Waals surface area (Å²) in [6, 6.07) is 14.7. The summed E-state index contributed by atoms with van der Waals surface area (Å²) >= 11 is 0.